The fourth-order valence-electron chi connectivity index (χ4n) is 3.65. The van der Waals surface area contributed by atoms with Crippen molar-refractivity contribution in [2.24, 2.45) is 0 Å². The molecular formula is C24H28N4O3. The van der Waals surface area contributed by atoms with Crippen LogP contribution in [0.2, 0.25) is 0 Å². The highest BCUT2D eigenvalue weighted by Gasteiger charge is 2.26. The Hall–Kier alpha value is -3.61. The van der Waals surface area contributed by atoms with E-state index in [1.165, 1.54) is 9.47 Å². The standard InChI is InChI=1S/C24H28N4O3/c1-4-5-11-27-21(25)20(22(29)26-24(27)31)28(15-18-9-7-6-8-10-18)23(30)19-13-16(2)12-17(3)14-19/h6-10,12-14H,4-5,11,15,25H2,1-3H3,(H,26,29,31). The number of carbonyl (C=O) groups is 1. The van der Waals surface area contributed by atoms with Crippen LogP contribution >= 0.6 is 0 Å². The van der Waals surface area contributed by atoms with Gasteiger partial charge in [-0.05, 0) is 38.0 Å². The Bertz CT molecular complexity index is 1180. The molecule has 0 bridgehead atoms. The van der Waals surface area contributed by atoms with Gasteiger partial charge in [-0.2, -0.15) is 0 Å². The lowest BCUT2D eigenvalue weighted by atomic mass is 10.1. The maximum absolute atomic E-state index is 13.6. The van der Waals surface area contributed by atoms with Crippen molar-refractivity contribution in [1.82, 2.24) is 9.55 Å². The third-order valence-electron chi connectivity index (χ3n) is 5.12. The summed E-state index contributed by atoms with van der Waals surface area (Å²) >= 11 is 0. The number of nitrogens with two attached hydrogens (primary N) is 1. The van der Waals surface area contributed by atoms with Gasteiger partial charge in [-0.25, -0.2) is 4.79 Å². The van der Waals surface area contributed by atoms with Gasteiger partial charge in [-0.3, -0.25) is 24.0 Å². The maximum Gasteiger partial charge on any atom is 0.330 e. The van der Waals surface area contributed by atoms with Gasteiger partial charge < -0.3 is 5.73 Å². The third kappa shape index (κ3) is 4.94. The van der Waals surface area contributed by atoms with Crippen LogP contribution in [-0.2, 0) is 13.1 Å². The first-order valence-electron chi connectivity index (χ1n) is 10.4. The number of hydrogen-bond acceptors (Lipinski definition) is 4. The van der Waals surface area contributed by atoms with Crippen molar-refractivity contribution in [2.75, 3.05) is 10.6 Å². The average Bonchev–Trinajstić information content (AvgIpc) is 2.72. The molecule has 0 saturated carbocycles. The number of aromatic amines is 1. The number of rotatable bonds is 7. The summed E-state index contributed by atoms with van der Waals surface area (Å²) in [7, 11) is 0. The number of hydrogen-bond donors (Lipinski definition) is 2. The molecular weight excluding hydrogens is 392 g/mol. The van der Waals surface area contributed by atoms with Gasteiger partial charge in [0.25, 0.3) is 11.5 Å². The van der Waals surface area contributed by atoms with Crippen LogP contribution < -0.4 is 21.9 Å². The molecule has 1 aromatic heterocycles. The number of carbonyl (C=O) groups excluding carboxylic acids is 1. The van der Waals surface area contributed by atoms with Crippen molar-refractivity contribution in [3.63, 3.8) is 0 Å². The van der Waals surface area contributed by atoms with Crippen LogP contribution in [0.15, 0.2) is 58.1 Å². The molecule has 7 heteroatoms. The minimum absolute atomic E-state index is 0.00384. The number of nitrogens with one attached hydrogen (secondary N) is 1. The number of nitrogens with zero attached hydrogens (tertiary/aromatic N) is 2. The van der Waals surface area contributed by atoms with E-state index in [-0.39, 0.29) is 24.0 Å². The molecule has 0 aliphatic heterocycles. The van der Waals surface area contributed by atoms with E-state index in [2.05, 4.69) is 4.98 Å². The zero-order valence-electron chi connectivity index (χ0n) is 18.1. The van der Waals surface area contributed by atoms with Gasteiger partial charge in [0.15, 0.2) is 5.69 Å². The van der Waals surface area contributed by atoms with Gasteiger partial charge in [0.2, 0.25) is 0 Å². The highest BCUT2D eigenvalue weighted by molar-refractivity contribution is 6.07. The highest BCUT2D eigenvalue weighted by Crippen LogP contribution is 2.23. The molecule has 162 valence electrons. The van der Waals surface area contributed by atoms with Crippen LogP contribution in [-0.4, -0.2) is 15.5 Å². The second kappa shape index (κ2) is 9.47. The van der Waals surface area contributed by atoms with E-state index in [1.54, 1.807) is 12.1 Å². The third-order valence-corrected chi connectivity index (χ3v) is 5.12. The fourth-order valence-corrected chi connectivity index (χ4v) is 3.65. The lowest BCUT2D eigenvalue weighted by Gasteiger charge is -2.25. The first-order valence-corrected chi connectivity index (χ1v) is 10.4. The minimum Gasteiger partial charge on any atom is -0.383 e. The SMILES string of the molecule is CCCCn1c(N)c(N(Cc2ccccc2)C(=O)c2cc(C)cc(C)c2)c(=O)[nH]c1=O. The molecule has 0 spiro atoms. The fraction of sp³-hybridized carbons (Fsp3) is 0.292. The Morgan fingerprint density at radius 2 is 1.71 bits per heavy atom. The van der Waals surface area contributed by atoms with E-state index in [0.29, 0.717) is 12.1 Å². The molecule has 0 atom stereocenters. The number of H-pyrrole nitrogens is 1. The maximum atomic E-state index is 13.6. The number of benzene rings is 2. The van der Waals surface area contributed by atoms with Gasteiger partial charge in [0.1, 0.15) is 5.82 Å². The molecule has 0 fully saturated rings. The smallest absolute Gasteiger partial charge is 0.330 e. The summed E-state index contributed by atoms with van der Waals surface area (Å²) in [6.07, 6.45) is 1.58. The summed E-state index contributed by atoms with van der Waals surface area (Å²) in [5.41, 5.74) is 8.23. The van der Waals surface area contributed by atoms with Crippen LogP contribution in [0.25, 0.3) is 0 Å². The zero-order chi connectivity index (χ0) is 22.5. The van der Waals surface area contributed by atoms with Gasteiger partial charge in [-0.1, -0.05) is 60.9 Å². The summed E-state index contributed by atoms with van der Waals surface area (Å²) < 4.78 is 1.33. The topological polar surface area (TPSA) is 101 Å². The normalized spacial score (nSPS) is 10.8. The Labute approximate surface area is 181 Å². The lowest BCUT2D eigenvalue weighted by molar-refractivity contribution is 0.0984. The highest BCUT2D eigenvalue weighted by atomic mass is 16.2. The number of aromatic nitrogens is 2. The number of anilines is 2. The molecule has 1 heterocycles. The van der Waals surface area contributed by atoms with Crippen molar-refractivity contribution in [3.05, 3.63) is 91.6 Å². The molecule has 3 aromatic rings. The molecule has 1 amide bonds. The number of amides is 1. The van der Waals surface area contributed by atoms with Crippen molar-refractivity contribution in [2.45, 2.75) is 46.7 Å². The van der Waals surface area contributed by atoms with Crippen LogP contribution in [0, 0.1) is 13.8 Å². The summed E-state index contributed by atoms with van der Waals surface area (Å²) in [4.78, 5) is 42.5. The first kappa shape index (κ1) is 22.1. The van der Waals surface area contributed by atoms with Crippen molar-refractivity contribution in [3.8, 4) is 0 Å². The zero-order valence-corrected chi connectivity index (χ0v) is 18.1. The predicted molar refractivity (Wildman–Crippen MR) is 124 cm³/mol. The largest absolute Gasteiger partial charge is 0.383 e. The van der Waals surface area contributed by atoms with E-state index in [4.69, 9.17) is 5.73 Å². The predicted octanol–water partition coefficient (Wildman–Crippen LogP) is 3.38. The number of nitrogen functional groups attached to an aromatic ring is 1. The summed E-state index contributed by atoms with van der Waals surface area (Å²) in [6, 6.07) is 14.9. The summed E-state index contributed by atoms with van der Waals surface area (Å²) in [5, 5.41) is 0. The van der Waals surface area contributed by atoms with Crippen LogP contribution in [0.4, 0.5) is 11.5 Å². The Kier molecular flexibility index (Phi) is 6.74. The summed E-state index contributed by atoms with van der Waals surface area (Å²) in [5.74, 6) is -0.357. The molecule has 0 unspecified atom stereocenters. The molecule has 7 nitrogen and oxygen atoms in total. The average molecular weight is 421 g/mol. The number of unbranched alkanes of at least 4 members (excludes halogenated alkanes) is 1. The van der Waals surface area contributed by atoms with E-state index in [1.807, 2.05) is 57.2 Å². The minimum atomic E-state index is -0.677. The van der Waals surface area contributed by atoms with Crippen molar-refractivity contribution in [1.29, 1.82) is 0 Å². The van der Waals surface area contributed by atoms with Gasteiger partial charge in [0, 0.05) is 12.1 Å². The van der Waals surface area contributed by atoms with E-state index < -0.39 is 11.2 Å². The molecule has 2 aromatic carbocycles. The lowest BCUT2D eigenvalue weighted by Crippen LogP contribution is -2.41. The second-order valence-corrected chi connectivity index (χ2v) is 7.75. The monoisotopic (exact) mass is 420 g/mol. The Morgan fingerprint density at radius 1 is 1.06 bits per heavy atom. The van der Waals surface area contributed by atoms with Crippen molar-refractivity contribution >= 4 is 17.4 Å². The van der Waals surface area contributed by atoms with Crippen LogP contribution in [0.1, 0.15) is 46.8 Å². The van der Waals surface area contributed by atoms with E-state index in [9.17, 15) is 14.4 Å². The Morgan fingerprint density at radius 3 is 2.32 bits per heavy atom. The van der Waals surface area contributed by atoms with Gasteiger partial charge in [0.05, 0.1) is 6.54 Å². The number of aryl methyl sites for hydroxylation is 2. The molecule has 0 aliphatic carbocycles. The Balaban J connectivity index is 2.18. The van der Waals surface area contributed by atoms with E-state index in [0.717, 1.165) is 29.5 Å². The van der Waals surface area contributed by atoms with Crippen LogP contribution in [0.3, 0.4) is 0 Å². The van der Waals surface area contributed by atoms with Crippen LogP contribution in [0.5, 0.6) is 0 Å². The quantitative estimate of drug-likeness (QED) is 0.612. The molecule has 0 saturated heterocycles. The summed E-state index contributed by atoms with van der Waals surface area (Å²) in [6.45, 7) is 6.34. The van der Waals surface area contributed by atoms with Crippen molar-refractivity contribution < 1.29 is 4.79 Å². The van der Waals surface area contributed by atoms with Gasteiger partial charge in [-0.15, -0.1) is 0 Å². The first-order chi connectivity index (χ1) is 14.8. The van der Waals surface area contributed by atoms with E-state index >= 15 is 0 Å². The second-order valence-electron chi connectivity index (χ2n) is 7.75. The molecule has 3 N–H and O–H groups in total. The molecule has 31 heavy (non-hydrogen) atoms. The van der Waals surface area contributed by atoms with Gasteiger partial charge >= 0.3 is 5.69 Å². The molecule has 0 aliphatic rings. The molecule has 3 rings (SSSR count). The molecule has 0 radical (unpaired) electrons.